The number of hydrogen-bond donors (Lipinski definition) is 1. The van der Waals surface area contributed by atoms with Crippen molar-refractivity contribution in [2.75, 3.05) is 26.7 Å². The van der Waals surface area contributed by atoms with Gasteiger partial charge in [-0.3, -0.25) is 9.59 Å². The lowest BCUT2D eigenvalue weighted by molar-refractivity contribution is -0.153. The number of carbonyl (C=O) groups is 2. The van der Waals surface area contributed by atoms with Gasteiger partial charge in [0.05, 0.1) is 12.5 Å². The second-order valence-corrected chi connectivity index (χ2v) is 5.56. The van der Waals surface area contributed by atoms with E-state index in [1.807, 2.05) is 13.8 Å². The predicted octanol–water partition coefficient (Wildman–Crippen LogP) is 1.18. The molecule has 0 radical (unpaired) electrons. The topological polar surface area (TPSA) is 58.6 Å². The maximum atomic E-state index is 12.8. The third-order valence-electron chi connectivity index (χ3n) is 3.84. The van der Waals surface area contributed by atoms with Gasteiger partial charge in [-0.1, -0.05) is 13.3 Å². The summed E-state index contributed by atoms with van der Waals surface area (Å²) in [7, 11) is 1.35. The first kappa shape index (κ1) is 16.0. The number of amides is 1. The fourth-order valence-electron chi connectivity index (χ4n) is 2.72. The lowest BCUT2D eigenvalue weighted by atomic mass is 9.80. The van der Waals surface area contributed by atoms with E-state index in [9.17, 15) is 9.59 Å². The standard InChI is InChI=1S/C14H26N2O3/c1-5-6-14(7-8-15-10-14)13(18)16(11(2)3)9-12(17)19-4/h11,15H,5-10H2,1-4H3. The Morgan fingerprint density at radius 1 is 1.42 bits per heavy atom. The van der Waals surface area contributed by atoms with Gasteiger partial charge in [0.2, 0.25) is 5.91 Å². The fourth-order valence-corrected chi connectivity index (χ4v) is 2.72. The Balaban J connectivity index is 2.87. The number of rotatable bonds is 6. The number of hydrogen-bond acceptors (Lipinski definition) is 4. The molecule has 0 aliphatic carbocycles. The summed E-state index contributed by atoms with van der Waals surface area (Å²) >= 11 is 0. The van der Waals surface area contributed by atoms with Gasteiger partial charge < -0.3 is 15.0 Å². The van der Waals surface area contributed by atoms with Crippen molar-refractivity contribution in [1.29, 1.82) is 0 Å². The summed E-state index contributed by atoms with van der Waals surface area (Å²) in [6.45, 7) is 7.58. The van der Waals surface area contributed by atoms with Gasteiger partial charge in [0.25, 0.3) is 0 Å². The Kier molecular flexibility index (Phi) is 5.79. The van der Waals surface area contributed by atoms with E-state index in [-0.39, 0.29) is 29.9 Å². The molecule has 1 atom stereocenters. The van der Waals surface area contributed by atoms with E-state index in [2.05, 4.69) is 17.0 Å². The van der Waals surface area contributed by atoms with Gasteiger partial charge in [0, 0.05) is 12.6 Å². The van der Waals surface area contributed by atoms with Crippen LogP contribution < -0.4 is 5.32 Å². The molecule has 0 spiro atoms. The Morgan fingerprint density at radius 3 is 2.53 bits per heavy atom. The van der Waals surface area contributed by atoms with E-state index in [0.29, 0.717) is 6.54 Å². The van der Waals surface area contributed by atoms with Crippen LogP contribution in [0.15, 0.2) is 0 Å². The first-order valence-corrected chi connectivity index (χ1v) is 7.05. The van der Waals surface area contributed by atoms with Gasteiger partial charge in [-0.25, -0.2) is 0 Å². The summed E-state index contributed by atoms with van der Waals surface area (Å²) in [6, 6.07) is 0.000862. The number of nitrogens with zero attached hydrogens (tertiary/aromatic N) is 1. The molecule has 1 amide bonds. The molecule has 1 saturated heterocycles. The molecule has 5 heteroatoms. The highest BCUT2D eigenvalue weighted by Gasteiger charge is 2.43. The molecule has 19 heavy (non-hydrogen) atoms. The molecule has 0 bridgehead atoms. The smallest absolute Gasteiger partial charge is 0.325 e. The minimum absolute atomic E-state index is 0.000862. The second-order valence-electron chi connectivity index (χ2n) is 5.56. The third-order valence-corrected chi connectivity index (χ3v) is 3.84. The molecular formula is C14H26N2O3. The maximum absolute atomic E-state index is 12.8. The first-order chi connectivity index (χ1) is 8.96. The van der Waals surface area contributed by atoms with Crippen molar-refractivity contribution in [1.82, 2.24) is 10.2 Å². The molecule has 0 aromatic carbocycles. The lowest BCUT2D eigenvalue weighted by Crippen LogP contribution is -2.50. The summed E-state index contributed by atoms with van der Waals surface area (Å²) < 4.78 is 4.69. The summed E-state index contributed by atoms with van der Waals surface area (Å²) in [5.74, 6) is -0.278. The average molecular weight is 270 g/mol. The second kappa shape index (κ2) is 6.89. The van der Waals surface area contributed by atoms with E-state index in [1.54, 1.807) is 4.90 Å². The first-order valence-electron chi connectivity index (χ1n) is 7.05. The van der Waals surface area contributed by atoms with Crippen molar-refractivity contribution in [2.24, 2.45) is 5.41 Å². The van der Waals surface area contributed by atoms with Crippen molar-refractivity contribution < 1.29 is 14.3 Å². The number of ether oxygens (including phenoxy) is 1. The molecular weight excluding hydrogens is 244 g/mol. The van der Waals surface area contributed by atoms with Crippen LogP contribution in [-0.4, -0.2) is 49.6 Å². The van der Waals surface area contributed by atoms with Crippen LogP contribution in [0.3, 0.4) is 0 Å². The van der Waals surface area contributed by atoms with Crippen LogP contribution in [0.5, 0.6) is 0 Å². The zero-order chi connectivity index (χ0) is 14.5. The van der Waals surface area contributed by atoms with Gasteiger partial charge in [-0.2, -0.15) is 0 Å². The Bertz CT molecular complexity index is 323. The molecule has 1 fully saturated rings. The van der Waals surface area contributed by atoms with Crippen molar-refractivity contribution in [2.45, 2.75) is 46.1 Å². The molecule has 1 aliphatic heterocycles. The molecule has 0 aromatic heterocycles. The Morgan fingerprint density at radius 2 is 2.11 bits per heavy atom. The highest BCUT2D eigenvalue weighted by atomic mass is 16.5. The fraction of sp³-hybridized carbons (Fsp3) is 0.857. The van der Waals surface area contributed by atoms with Crippen LogP contribution >= 0.6 is 0 Å². The summed E-state index contributed by atoms with van der Waals surface area (Å²) in [5.41, 5.74) is -0.340. The van der Waals surface area contributed by atoms with Gasteiger partial charge in [-0.05, 0) is 33.2 Å². The highest BCUT2D eigenvalue weighted by Crippen LogP contribution is 2.33. The average Bonchev–Trinajstić information content (AvgIpc) is 2.84. The predicted molar refractivity (Wildman–Crippen MR) is 73.7 cm³/mol. The minimum atomic E-state index is -0.361. The van der Waals surface area contributed by atoms with Crippen LogP contribution in [0.25, 0.3) is 0 Å². The number of carbonyl (C=O) groups excluding carboxylic acids is 2. The van der Waals surface area contributed by atoms with E-state index in [4.69, 9.17) is 0 Å². The minimum Gasteiger partial charge on any atom is -0.468 e. The van der Waals surface area contributed by atoms with Crippen LogP contribution in [-0.2, 0) is 14.3 Å². The summed E-state index contributed by atoms with van der Waals surface area (Å²) in [4.78, 5) is 26.0. The maximum Gasteiger partial charge on any atom is 0.325 e. The molecule has 0 saturated carbocycles. The van der Waals surface area contributed by atoms with Crippen LogP contribution in [0.4, 0.5) is 0 Å². The SMILES string of the molecule is CCCC1(C(=O)N(CC(=O)OC)C(C)C)CCNC1. The molecule has 1 heterocycles. The van der Waals surface area contributed by atoms with Crippen molar-refractivity contribution in [3.8, 4) is 0 Å². The van der Waals surface area contributed by atoms with E-state index >= 15 is 0 Å². The number of esters is 1. The molecule has 1 N–H and O–H groups in total. The van der Waals surface area contributed by atoms with Gasteiger partial charge in [0.15, 0.2) is 0 Å². The largest absolute Gasteiger partial charge is 0.468 e. The van der Waals surface area contributed by atoms with Crippen molar-refractivity contribution in [3.05, 3.63) is 0 Å². The zero-order valence-corrected chi connectivity index (χ0v) is 12.5. The Labute approximate surface area is 115 Å². The monoisotopic (exact) mass is 270 g/mol. The normalized spacial score (nSPS) is 22.6. The number of nitrogens with one attached hydrogen (secondary N) is 1. The van der Waals surface area contributed by atoms with Crippen LogP contribution in [0.1, 0.15) is 40.0 Å². The molecule has 5 nitrogen and oxygen atoms in total. The number of methoxy groups -OCH3 is 1. The van der Waals surface area contributed by atoms with Crippen molar-refractivity contribution in [3.63, 3.8) is 0 Å². The zero-order valence-electron chi connectivity index (χ0n) is 12.5. The van der Waals surface area contributed by atoms with E-state index < -0.39 is 0 Å². The van der Waals surface area contributed by atoms with Gasteiger partial charge >= 0.3 is 5.97 Å². The van der Waals surface area contributed by atoms with Crippen LogP contribution in [0.2, 0.25) is 0 Å². The van der Waals surface area contributed by atoms with Crippen molar-refractivity contribution >= 4 is 11.9 Å². The van der Waals surface area contributed by atoms with Crippen LogP contribution in [0, 0.1) is 5.41 Å². The summed E-state index contributed by atoms with van der Waals surface area (Å²) in [5, 5.41) is 3.28. The summed E-state index contributed by atoms with van der Waals surface area (Å²) in [6.07, 6.45) is 2.69. The molecule has 0 aromatic rings. The molecule has 1 unspecified atom stereocenters. The van der Waals surface area contributed by atoms with E-state index in [1.165, 1.54) is 7.11 Å². The molecule has 1 aliphatic rings. The highest BCUT2D eigenvalue weighted by molar-refractivity contribution is 5.87. The van der Waals surface area contributed by atoms with Gasteiger partial charge in [-0.15, -0.1) is 0 Å². The quantitative estimate of drug-likeness (QED) is 0.736. The van der Waals surface area contributed by atoms with Gasteiger partial charge in [0.1, 0.15) is 6.54 Å². The van der Waals surface area contributed by atoms with E-state index in [0.717, 1.165) is 25.8 Å². The molecule has 1 rings (SSSR count). The lowest BCUT2D eigenvalue weighted by Gasteiger charge is -2.35. The Hall–Kier alpha value is -1.10. The third kappa shape index (κ3) is 3.69. The molecule has 110 valence electrons.